The molecule has 26 heavy (non-hydrogen) atoms. The largest absolute Gasteiger partial charge is 0.394 e. The molecule has 146 valence electrons. The van der Waals surface area contributed by atoms with Crippen molar-refractivity contribution in [3.8, 4) is 0 Å². The Kier molecular flexibility index (Phi) is 5.69. The van der Waals surface area contributed by atoms with Gasteiger partial charge in [-0.1, -0.05) is 0 Å². The Morgan fingerprint density at radius 3 is 2.58 bits per heavy atom. The zero-order chi connectivity index (χ0) is 18.9. The lowest BCUT2D eigenvalue weighted by Crippen LogP contribution is -2.62. The summed E-state index contributed by atoms with van der Waals surface area (Å²) >= 11 is 0. The first-order valence-electron chi connectivity index (χ1n) is 9.56. The van der Waals surface area contributed by atoms with Crippen LogP contribution in [0.1, 0.15) is 42.6 Å². The molecule has 0 bridgehead atoms. The predicted molar refractivity (Wildman–Crippen MR) is 96.7 cm³/mol. The number of piperidine rings is 1. The van der Waals surface area contributed by atoms with Crippen LogP contribution >= 0.6 is 0 Å². The van der Waals surface area contributed by atoms with Crippen molar-refractivity contribution in [2.75, 3.05) is 26.3 Å². The zero-order valence-corrected chi connectivity index (χ0v) is 16.1. The molecule has 1 aliphatic carbocycles. The number of carbonyl (C=O) groups excluding carboxylic acids is 1. The van der Waals surface area contributed by atoms with Gasteiger partial charge in [-0.15, -0.1) is 0 Å². The number of amides is 1. The lowest BCUT2D eigenvalue weighted by molar-refractivity contribution is -0.213. The van der Waals surface area contributed by atoms with Crippen molar-refractivity contribution in [3.63, 3.8) is 0 Å². The first-order valence-corrected chi connectivity index (χ1v) is 9.56. The van der Waals surface area contributed by atoms with Crippen molar-refractivity contribution >= 4 is 5.91 Å². The normalized spacial score (nSPS) is 24.7. The summed E-state index contributed by atoms with van der Waals surface area (Å²) in [4.78, 5) is 14.5. The molecule has 0 radical (unpaired) electrons. The molecule has 1 saturated heterocycles. The molecule has 1 amide bonds. The van der Waals surface area contributed by atoms with E-state index in [0.717, 1.165) is 30.7 Å². The van der Waals surface area contributed by atoms with Crippen molar-refractivity contribution < 1.29 is 19.7 Å². The zero-order valence-electron chi connectivity index (χ0n) is 16.1. The van der Waals surface area contributed by atoms with Crippen LogP contribution in [0.15, 0.2) is 0 Å². The number of aliphatic hydroxyl groups is 2. The Hall–Kier alpha value is -1.44. The van der Waals surface area contributed by atoms with Crippen LogP contribution in [0, 0.1) is 19.3 Å². The molecule has 7 heteroatoms. The van der Waals surface area contributed by atoms with Gasteiger partial charge in [-0.2, -0.15) is 5.10 Å². The van der Waals surface area contributed by atoms with Gasteiger partial charge in [0.05, 0.1) is 31.1 Å². The van der Waals surface area contributed by atoms with Gasteiger partial charge >= 0.3 is 0 Å². The minimum atomic E-state index is -0.357. The topological polar surface area (TPSA) is 87.8 Å². The number of hydrogen-bond acceptors (Lipinski definition) is 5. The van der Waals surface area contributed by atoms with Gasteiger partial charge in [0.1, 0.15) is 0 Å². The van der Waals surface area contributed by atoms with E-state index in [0.29, 0.717) is 32.5 Å². The molecule has 1 aromatic rings. The van der Waals surface area contributed by atoms with Gasteiger partial charge in [-0.3, -0.25) is 9.48 Å². The maximum atomic E-state index is 12.6. The van der Waals surface area contributed by atoms with E-state index in [2.05, 4.69) is 5.10 Å². The Bertz CT molecular complexity index is 649. The molecule has 2 aliphatic rings. The second-order valence-corrected chi connectivity index (χ2v) is 7.72. The molecule has 7 nitrogen and oxygen atoms in total. The fourth-order valence-electron chi connectivity index (χ4n) is 4.55. The van der Waals surface area contributed by atoms with Crippen LogP contribution in [0.25, 0.3) is 0 Å². The van der Waals surface area contributed by atoms with E-state index in [1.165, 1.54) is 5.56 Å². The molecule has 3 rings (SSSR count). The average molecular weight is 365 g/mol. The van der Waals surface area contributed by atoms with E-state index >= 15 is 0 Å². The molecular weight excluding hydrogens is 334 g/mol. The molecule has 2 atom stereocenters. The summed E-state index contributed by atoms with van der Waals surface area (Å²) in [5, 5.41) is 23.6. The summed E-state index contributed by atoms with van der Waals surface area (Å²) in [7, 11) is 1.93. The van der Waals surface area contributed by atoms with Gasteiger partial charge in [0.25, 0.3) is 0 Å². The highest BCUT2D eigenvalue weighted by molar-refractivity contribution is 5.76. The molecular formula is C19H31N3O4. The second kappa shape index (κ2) is 7.66. The number of hydrogen-bond donors (Lipinski definition) is 2. The number of aliphatic hydroxyl groups excluding tert-OH is 2. The summed E-state index contributed by atoms with van der Waals surface area (Å²) in [5.41, 5.74) is 3.05. The average Bonchev–Trinajstić information content (AvgIpc) is 2.88. The minimum Gasteiger partial charge on any atom is -0.394 e. The highest BCUT2D eigenvalue weighted by Gasteiger charge is 2.56. The molecule has 2 heterocycles. The van der Waals surface area contributed by atoms with Gasteiger partial charge in [-0.25, -0.2) is 0 Å². The SMILES string of the molecule is Cc1nn(C)c(C)c1CCC(=O)N1CCC2(CC1)[C@H](O)C[C@@H]2OCCO. The van der Waals surface area contributed by atoms with Crippen LogP contribution in [0.4, 0.5) is 0 Å². The predicted octanol–water partition coefficient (Wildman–Crippen LogP) is 0.720. The van der Waals surface area contributed by atoms with Gasteiger partial charge < -0.3 is 19.8 Å². The second-order valence-electron chi connectivity index (χ2n) is 7.72. The van der Waals surface area contributed by atoms with E-state index in [9.17, 15) is 9.90 Å². The van der Waals surface area contributed by atoms with E-state index in [4.69, 9.17) is 9.84 Å². The van der Waals surface area contributed by atoms with Crippen molar-refractivity contribution in [3.05, 3.63) is 17.0 Å². The quantitative estimate of drug-likeness (QED) is 0.776. The number of likely N-dealkylation sites (tertiary alicyclic amines) is 1. The smallest absolute Gasteiger partial charge is 0.222 e. The Morgan fingerprint density at radius 2 is 2.04 bits per heavy atom. The van der Waals surface area contributed by atoms with E-state index in [-0.39, 0.29) is 30.1 Å². The van der Waals surface area contributed by atoms with Gasteiger partial charge in [0.2, 0.25) is 5.91 Å². The molecule has 1 spiro atoms. The fourth-order valence-corrected chi connectivity index (χ4v) is 4.55. The number of ether oxygens (including phenoxy) is 1. The third kappa shape index (κ3) is 3.40. The van der Waals surface area contributed by atoms with E-state index < -0.39 is 0 Å². The Balaban J connectivity index is 1.52. The number of rotatable bonds is 6. The molecule has 1 aliphatic heterocycles. The molecule has 1 aromatic heterocycles. The number of nitrogens with zero attached hydrogens (tertiary/aromatic N) is 3. The third-order valence-electron chi connectivity index (χ3n) is 6.45. The van der Waals surface area contributed by atoms with Crippen molar-refractivity contribution in [2.24, 2.45) is 12.5 Å². The third-order valence-corrected chi connectivity index (χ3v) is 6.45. The fraction of sp³-hybridized carbons (Fsp3) is 0.789. The van der Waals surface area contributed by atoms with Gasteiger partial charge in [0.15, 0.2) is 0 Å². The maximum Gasteiger partial charge on any atom is 0.222 e. The summed E-state index contributed by atoms with van der Waals surface area (Å²) < 4.78 is 7.56. The van der Waals surface area contributed by atoms with Crippen LogP contribution in [-0.4, -0.2) is 69.3 Å². The van der Waals surface area contributed by atoms with Crippen LogP contribution in [0.5, 0.6) is 0 Å². The minimum absolute atomic E-state index is 0.000459. The molecule has 1 saturated carbocycles. The summed E-state index contributed by atoms with van der Waals surface area (Å²) in [6.07, 6.45) is 3.02. The van der Waals surface area contributed by atoms with Crippen molar-refractivity contribution in [1.29, 1.82) is 0 Å². The van der Waals surface area contributed by atoms with Crippen LogP contribution < -0.4 is 0 Å². The molecule has 0 aromatic carbocycles. The number of aryl methyl sites for hydroxylation is 2. The summed E-state index contributed by atoms with van der Waals surface area (Å²) in [5.74, 6) is 0.171. The number of aromatic nitrogens is 2. The summed E-state index contributed by atoms with van der Waals surface area (Å²) in [6, 6.07) is 0. The van der Waals surface area contributed by atoms with Crippen LogP contribution in [-0.2, 0) is 23.0 Å². The Labute approximate surface area is 154 Å². The Morgan fingerprint density at radius 1 is 1.35 bits per heavy atom. The maximum absolute atomic E-state index is 12.6. The van der Waals surface area contributed by atoms with E-state index in [1.807, 2.05) is 30.5 Å². The monoisotopic (exact) mass is 365 g/mol. The van der Waals surface area contributed by atoms with E-state index in [1.54, 1.807) is 0 Å². The first-order chi connectivity index (χ1) is 12.4. The van der Waals surface area contributed by atoms with Crippen molar-refractivity contribution in [1.82, 2.24) is 14.7 Å². The lowest BCUT2D eigenvalue weighted by atomic mass is 9.58. The molecule has 2 fully saturated rings. The molecule has 2 N–H and O–H groups in total. The van der Waals surface area contributed by atoms with Gasteiger partial charge in [-0.05, 0) is 38.7 Å². The highest BCUT2D eigenvalue weighted by Crippen LogP contribution is 2.51. The van der Waals surface area contributed by atoms with Gasteiger partial charge in [0, 0.05) is 44.1 Å². The van der Waals surface area contributed by atoms with Crippen LogP contribution in [0.2, 0.25) is 0 Å². The highest BCUT2D eigenvalue weighted by atomic mass is 16.5. The first kappa shape index (κ1) is 19.3. The standard InChI is InChI=1S/C19H31N3O4/c1-13-15(14(2)21(3)20-13)4-5-18(25)22-8-6-19(7-9-22)16(24)12-17(19)26-11-10-23/h16-17,23-24H,4-12H2,1-3H3/t16-,17+/m1/s1. The lowest BCUT2D eigenvalue weighted by Gasteiger charge is -2.56. The van der Waals surface area contributed by atoms with Crippen molar-refractivity contribution in [2.45, 2.75) is 58.2 Å². The van der Waals surface area contributed by atoms with Crippen LogP contribution in [0.3, 0.4) is 0 Å². The summed E-state index contributed by atoms with van der Waals surface area (Å²) in [6.45, 7) is 5.67. The molecule has 0 unspecified atom stereocenters. The number of carbonyl (C=O) groups is 1.